The minimum atomic E-state index is 0.199. The highest BCUT2D eigenvalue weighted by molar-refractivity contribution is 5.97. The molecule has 2 atom stereocenters. The minimum absolute atomic E-state index is 0.199. The van der Waals surface area contributed by atoms with Crippen LogP contribution in [0.2, 0.25) is 0 Å². The summed E-state index contributed by atoms with van der Waals surface area (Å²) in [6, 6.07) is 0. The fourth-order valence-corrected chi connectivity index (χ4v) is 2.68. The number of rotatable bonds is 3. The Morgan fingerprint density at radius 2 is 2.00 bits per heavy atom. The van der Waals surface area contributed by atoms with Gasteiger partial charge in [-0.15, -0.1) is 0 Å². The molecule has 0 bridgehead atoms. The SMILES string of the molecule is CCC1CCCCC1C(=O)c1cncnc1. The molecule has 0 radical (unpaired) electrons. The lowest BCUT2D eigenvalue weighted by Crippen LogP contribution is -2.27. The second-order valence-electron chi connectivity index (χ2n) is 4.55. The summed E-state index contributed by atoms with van der Waals surface area (Å²) in [6.45, 7) is 2.18. The Balaban J connectivity index is 2.14. The van der Waals surface area contributed by atoms with Crippen molar-refractivity contribution in [2.45, 2.75) is 39.0 Å². The average Bonchev–Trinajstić information content (AvgIpc) is 2.39. The standard InChI is InChI=1S/C13H18N2O/c1-2-10-5-3-4-6-12(10)13(16)11-7-14-9-15-8-11/h7-10,12H,2-6H2,1H3. The first kappa shape index (κ1) is 11.2. The third-order valence-corrected chi connectivity index (χ3v) is 3.62. The zero-order valence-corrected chi connectivity index (χ0v) is 9.72. The highest BCUT2D eigenvalue weighted by Gasteiger charge is 2.30. The molecule has 16 heavy (non-hydrogen) atoms. The predicted octanol–water partition coefficient (Wildman–Crippen LogP) is 2.88. The maximum Gasteiger partial charge on any atom is 0.169 e. The number of ketones is 1. The van der Waals surface area contributed by atoms with Gasteiger partial charge in [0.15, 0.2) is 5.78 Å². The molecule has 1 aliphatic carbocycles. The maximum absolute atomic E-state index is 12.3. The molecule has 1 heterocycles. The Hall–Kier alpha value is -1.25. The van der Waals surface area contributed by atoms with Crippen LogP contribution >= 0.6 is 0 Å². The van der Waals surface area contributed by atoms with E-state index in [1.54, 1.807) is 12.4 Å². The van der Waals surface area contributed by atoms with E-state index < -0.39 is 0 Å². The lowest BCUT2D eigenvalue weighted by atomic mass is 9.74. The van der Waals surface area contributed by atoms with Gasteiger partial charge in [0.25, 0.3) is 0 Å². The Kier molecular flexibility index (Phi) is 3.65. The van der Waals surface area contributed by atoms with Gasteiger partial charge in [-0.25, -0.2) is 9.97 Å². The molecule has 0 spiro atoms. The summed E-state index contributed by atoms with van der Waals surface area (Å²) in [4.78, 5) is 20.1. The molecule has 2 rings (SSSR count). The largest absolute Gasteiger partial charge is 0.294 e. The second-order valence-corrected chi connectivity index (χ2v) is 4.55. The van der Waals surface area contributed by atoms with E-state index in [-0.39, 0.29) is 11.7 Å². The van der Waals surface area contributed by atoms with Crippen molar-refractivity contribution in [2.24, 2.45) is 11.8 Å². The van der Waals surface area contributed by atoms with Crippen LogP contribution in [0.15, 0.2) is 18.7 Å². The number of carbonyl (C=O) groups is 1. The lowest BCUT2D eigenvalue weighted by molar-refractivity contribution is 0.0819. The summed E-state index contributed by atoms with van der Waals surface area (Å²) < 4.78 is 0. The molecule has 1 saturated carbocycles. The fourth-order valence-electron chi connectivity index (χ4n) is 2.68. The lowest BCUT2D eigenvalue weighted by Gasteiger charge is -2.29. The summed E-state index contributed by atoms with van der Waals surface area (Å²) in [5.41, 5.74) is 0.674. The zero-order valence-electron chi connectivity index (χ0n) is 9.72. The van der Waals surface area contributed by atoms with Crippen molar-refractivity contribution >= 4 is 5.78 Å². The van der Waals surface area contributed by atoms with Gasteiger partial charge in [-0.05, 0) is 18.8 Å². The van der Waals surface area contributed by atoms with E-state index in [1.807, 2.05) is 0 Å². The predicted molar refractivity (Wildman–Crippen MR) is 62.1 cm³/mol. The number of hydrogen-bond donors (Lipinski definition) is 0. The van der Waals surface area contributed by atoms with E-state index >= 15 is 0 Å². The van der Waals surface area contributed by atoms with Crippen molar-refractivity contribution in [3.05, 3.63) is 24.3 Å². The van der Waals surface area contributed by atoms with Crippen LogP contribution in [-0.2, 0) is 0 Å². The molecule has 1 fully saturated rings. The van der Waals surface area contributed by atoms with Gasteiger partial charge in [0, 0.05) is 18.3 Å². The highest BCUT2D eigenvalue weighted by atomic mass is 16.1. The van der Waals surface area contributed by atoms with Gasteiger partial charge < -0.3 is 0 Å². The normalized spacial score (nSPS) is 25.3. The van der Waals surface area contributed by atoms with E-state index in [0.717, 1.165) is 12.8 Å². The molecule has 86 valence electrons. The van der Waals surface area contributed by atoms with Crippen molar-refractivity contribution in [3.63, 3.8) is 0 Å². The molecule has 0 saturated heterocycles. The third kappa shape index (κ3) is 2.29. The maximum atomic E-state index is 12.3. The molecule has 1 aromatic heterocycles. The minimum Gasteiger partial charge on any atom is -0.294 e. The number of carbonyl (C=O) groups excluding carboxylic acids is 1. The van der Waals surface area contributed by atoms with Crippen molar-refractivity contribution in [2.75, 3.05) is 0 Å². The van der Waals surface area contributed by atoms with Crippen LogP contribution < -0.4 is 0 Å². The molecule has 0 aliphatic heterocycles. The molecule has 1 aromatic rings. The van der Waals surface area contributed by atoms with Crippen LogP contribution in [0.3, 0.4) is 0 Å². The smallest absolute Gasteiger partial charge is 0.169 e. The van der Waals surface area contributed by atoms with Crippen LogP contribution in [0, 0.1) is 11.8 Å². The quantitative estimate of drug-likeness (QED) is 0.733. The van der Waals surface area contributed by atoms with Crippen LogP contribution in [0.1, 0.15) is 49.4 Å². The Labute approximate surface area is 96.3 Å². The molecule has 0 N–H and O–H groups in total. The van der Waals surface area contributed by atoms with E-state index in [9.17, 15) is 4.79 Å². The van der Waals surface area contributed by atoms with Gasteiger partial charge in [0.05, 0.1) is 5.56 Å². The molecule has 2 unspecified atom stereocenters. The molecular formula is C13H18N2O. The first-order valence-electron chi connectivity index (χ1n) is 6.12. The number of aromatic nitrogens is 2. The van der Waals surface area contributed by atoms with Crippen LogP contribution in [-0.4, -0.2) is 15.8 Å². The molecule has 1 aliphatic rings. The van der Waals surface area contributed by atoms with Crippen molar-refractivity contribution in [1.29, 1.82) is 0 Å². The van der Waals surface area contributed by atoms with Crippen LogP contribution in [0.25, 0.3) is 0 Å². The molecule has 0 aromatic carbocycles. The van der Waals surface area contributed by atoms with Gasteiger partial charge in [-0.1, -0.05) is 26.2 Å². The van der Waals surface area contributed by atoms with E-state index in [0.29, 0.717) is 11.5 Å². The highest BCUT2D eigenvalue weighted by Crippen LogP contribution is 2.34. The van der Waals surface area contributed by atoms with Gasteiger partial charge in [0.1, 0.15) is 6.33 Å². The summed E-state index contributed by atoms with van der Waals surface area (Å²) in [5.74, 6) is 0.998. The molecule has 0 amide bonds. The topological polar surface area (TPSA) is 42.9 Å². The van der Waals surface area contributed by atoms with Crippen LogP contribution in [0.4, 0.5) is 0 Å². The van der Waals surface area contributed by atoms with E-state index in [1.165, 1.54) is 25.6 Å². The van der Waals surface area contributed by atoms with Gasteiger partial charge >= 0.3 is 0 Å². The second kappa shape index (κ2) is 5.19. The van der Waals surface area contributed by atoms with E-state index in [4.69, 9.17) is 0 Å². The monoisotopic (exact) mass is 218 g/mol. The molecule has 3 nitrogen and oxygen atoms in total. The first-order valence-corrected chi connectivity index (χ1v) is 6.12. The van der Waals surface area contributed by atoms with Crippen molar-refractivity contribution in [1.82, 2.24) is 9.97 Å². The summed E-state index contributed by atoms with van der Waals surface area (Å²) >= 11 is 0. The average molecular weight is 218 g/mol. The Morgan fingerprint density at radius 1 is 1.31 bits per heavy atom. The number of hydrogen-bond acceptors (Lipinski definition) is 3. The van der Waals surface area contributed by atoms with E-state index in [2.05, 4.69) is 16.9 Å². The Morgan fingerprint density at radius 3 is 2.69 bits per heavy atom. The summed E-state index contributed by atoms with van der Waals surface area (Å²) in [6.07, 6.45) is 10.5. The number of nitrogens with zero attached hydrogens (tertiary/aromatic N) is 2. The van der Waals surface area contributed by atoms with Gasteiger partial charge in [-0.3, -0.25) is 4.79 Å². The Bertz CT molecular complexity index is 350. The molecule has 3 heteroatoms. The number of Topliss-reactive ketones (excluding diaryl/α,β-unsaturated/α-hetero) is 1. The van der Waals surface area contributed by atoms with Gasteiger partial charge in [0.2, 0.25) is 0 Å². The summed E-state index contributed by atoms with van der Waals surface area (Å²) in [7, 11) is 0. The third-order valence-electron chi connectivity index (χ3n) is 3.62. The van der Waals surface area contributed by atoms with Gasteiger partial charge in [-0.2, -0.15) is 0 Å². The van der Waals surface area contributed by atoms with Crippen molar-refractivity contribution < 1.29 is 4.79 Å². The summed E-state index contributed by atoms with van der Waals surface area (Å²) in [5, 5.41) is 0. The first-order chi connectivity index (χ1) is 7.83. The fraction of sp³-hybridized carbons (Fsp3) is 0.615. The van der Waals surface area contributed by atoms with Crippen molar-refractivity contribution in [3.8, 4) is 0 Å². The molecular weight excluding hydrogens is 200 g/mol. The van der Waals surface area contributed by atoms with Crippen LogP contribution in [0.5, 0.6) is 0 Å². The zero-order chi connectivity index (χ0) is 11.4.